The van der Waals surface area contributed by atoms with E-state index in [0.717, 1.165) is 47.7 Å². The van der Waals surface area contributed by atoms with E-state index < -0.39 is 12.1 Å². The highest BCUT2D eigenvalue weighted by atomic mass is 19.4. The van der Waals surface area contributed by atoms with Crippen LogP contribution in [0.4, 0.5) is 13.2 Å². The molecule has 5 nitrogen and oxygen atoms in total. The molecule has 1 atom stereocenters. The van der Waals surface area contributed by atoms with Gasteiger partial charge in [0.1, 0.15) is 0 Å². The number of likely N-dealkylation sites (tertiary alicyclic amines) is 1. The Morgan fingerprint density at radius 1 is 1.10 bits per heavy atom. The molecule has 2 fully saturated rings. The van der Waals surface area contributed by atoms with E-state index in [0.29, 0.717) is 19.4 Å². The largest absolute Gasteiger partial charge is 0.391 e. The van der Waals surface area contributed by atoms with Gasteiger partial charge >= 0.3 is 6.18 Å². The van der Waals surface area contributed by atoms with Crippen molar-refractivity contribution in [2.45, 2.75) is 77.3 Å². The van der Waals surface area contributed by atoms with E-state index >= 15 is 0 Å². The minimum Gasteiger partial charge on any atom is -0.342 e. The van der Waals surface area contributed by atoms with Crippen LogP contribution >= 0.6 is 0 Å². The van der Waals surface area contributed by atoms with Gasteiger partial charge in [-0.1, -0.05) is 0 Å². The fourth-order valence-corrected chi connectivity index (χ4v) is 5.13. The molecule has 3 heterocycles. The van der Waals surface area contributed by atoms with Gasteiger partial charge in [-0.2, -0.15) is 18.3 Å². The van der Waals surface area contributed by atoms with Crippen LogP contribution in [0.5, 0.6) is 0 Å². The number of halogens is 3. The van der Waals surface area contributed by atoms with Gasteiger partial charge in [-0.25, -0.2) is 9.50 Å². The first-order valence-electron chi connectivity index (χ1n) is 10.8. The Labute approximate surface area is 174 Å². The molecule has 1 saturated heterocycles. The summed E-state index contributed by atoms with van der Waals surface area (Å²) in [4.78, 5) is 18.5. The molecule has 1 saturated carbocycles. The monoisotopic (exact) mass is 422 g/mol. The Balaban J connectivity index is 1.65. The molecule has 30 heavy (non-hydrogen) atoms. The molecule has 1 aliphatic heterocycles. The van der Waals surface area contributed by atoms with Crippen LogP contribution in [0.25, 0.3) is 5.65 Å². The number of hydrogen-bond donors (Lipinski definition) is 0. The van der Waals surface area contributed by atoms with Crippen molar-refractivity contribution >= 4 is 11.6 Å². The van der Waals surface area contributed by atoms with Gasteiger partial charge in [0.25, 0.3) is 0 Å². The maximum atomic E-state index is 13.0. The first-order chi connectivity index (χ1) is 14.1. The molecule has 1 aliphatic carbocycles. The molecule has 2 aromatic rings. The van der Waals surface area contributed by atoms with Gasteiger partial charge < -0.3 is 4.90 Å². The molecule has 0 bridgehead atoms. The van der Waals surface area contributed by atoms with E-state index in [4.69, 9.17) is 10.1 Å². The molecule has 0 N–H and O–H groups in total. The molecule has 8 heteroatoms. The highest BCUT2D eigenvalue weighted by Crippen LogP contribution is 2.43. The van der Waals surface area contributed by atoms with Gasteiger partial charge in [-0.15, -0.1) is 0 Å². The highest BCUT2D eigenvalue weighted by molar-refractivity contribution is 5.73. The average molecular weight is 422 g/mol. The fourth-order valence-electron chi connectivity index (χ4n) is 5.13. The van der Waals surface area contributed by atoms with Gasteiger partial charge in [0.2, 0.25) is 5.91 Å². The van der Waals surface area contributed by atoms with E-state index in [2.05, 4.69) is 0 Å². The summed E-state index contributed by atoms with van der Waals surface area (Å²) in [6, 6.07) is 1.94. The zero-order valence-corrected chi connectivity index (χ0v) is 17.8. The maximum Gasteiger partial charge on any atom is 0.391 e. The number of amides is 1. The van der Waals surface area contributed by atoms with Crippen molar-refractivity contribution in [3.63, 3.8) is 0 Å². The first-order valence-corrected chi connectivity index (χ1v) is 10.8. The van der Waals surface area contributed by atoms with Crippen molar-refractivity contribution in [2.75, 3.05) is 13.1 Å². The number of aryl methyl sites for hydroxylation is 1. The lowest BCUT2D eigenvalue weighted by Gasteiger charge is -2.33. The Morgan fingerprint density at radius 2 is 1.80 bits per heavy atom. The van der Waals surface area contributed by atoms with Crippen LogP contribution < -0.4 is 0 Å². The van der Waals surface area contributed by atoms with Gasteiger partial charge in [-0.3, -0.25) is 4.79 Å². The number of hydrogen-bond acceptors (Lipinski definition) is 3. The number of rotatable bonds is 2. The lowest BCUT2D eigenvalue weighted by atomic mass is 9.80. The van der Waals surface area contributed by atoms with Crippen LogP contribution in [0, 0.1) is 19.8 Å². The molecule has 2 aromatic heterocycles. The third-order valence-electron chi connectivity index (χ3n) is 7.01. The van der Waals surface area contributed by atoms with Crippen LogP contribution in [0.1, 0.15) is 79.9 Å². The van der Waals surface area contributed by atoms with Crippen LogP contribution in [0.3, 0.4) is 0 Å². The number of nitrogens with zero attached hydrogens (tertiary/aromatic N) is 4. The molecule has 1 amide bonds. The molecule has 0 radical (unpaired) electrons. The lowest BCUT2D eigenvalue weighted by Crippen LogP contribution is -2.38. The summed E-state index contributed by atoms with van der Waals surface area (Å²) in [7, 11) is 0. The molecule has 0 spiro atoms. The standard InChI is InChI=1S/C22H29F3N4O/c1-13-14(2)26-20-11-19(16-6-8-18(9-7-16)22(23,24)25)27-29(20)21(13)17-5-4-10-28(12-17)15(3)30/h11,16-18H,4-10,12H2,1-3H3/t16-,17-,18-/m1/s1. The van der Waals surface area contributed by atoms with Crippen LogP contribution in [0.2, 0.25) is 0 Å². The minimum absolute atomic E-state index is 0.0406. The maximum absolute atomic E-state index is 13.0. The molecule has 2 aliphatic rings. The Bertz CT molecular complexity index is 944. The lowest BCUT2D eigenvalue weighted by molar-refractivity contribution is -0.182. The Morgan fingerprint density at radius 3 is 2.43 bits per heavy atom. The van der Waals surface area contributed by atoms with Crippen LogP contribution in [-0.2, 0) is 4.79 Å². The third kappa shape index (κ3) is 3.93. The number of piperidine rings is 1. The van der Waals surface area contributed by atoms with E-state index in [1.165, 1.54) is 0 Å². The second-order valence-electron chi connectivity index (χ2n) is 8.94. The average Bonchev–Trinajstić information content (AvgIpc) is 3.11. The zero-order valence-electron chi connectivity index (χ0n) is 17.8. The molecular weight excluding hydrogens is 393 g/mol. The van der Waals surface area contributed by atoms with Crippen molar-refractivity contribution in [1.29, 1.82) is 0 Å². The summed E-state index contributed by atoms with van der Waals surface area (Å²) in [6.07, 6.45) is -0.841. The van der Waals surface area contributed by atoms with Crippen molar-refractivity contribution < 1.29 is 18.0 Å². The zero-order chi connectivity index (χ0) is 21.6. The number of fused-ring (bicyclic) bond motifs is 1. The summed E-state index contributed by atoms with van der Waals surface area (Å²) >= 11 is 0. The van der Waals surface area contributed by atoms with Crippen LogP contribution in [-0.4, -0.2) is 44.7 Å². The number of aromatic nitrogens is 3. The van der Waals surface area contributed by atoms with Gasteiger partial charge in [0.05, 0.1) is 17.3 Å². The van der Waals surface area contributed by atoms with Gasteiger partial charge in [-0.05, 0) is 57.9 Å². The van der Waals surface area contributed by atoms with E-state index in [9.17, 15) is 18.0 Å². The predicted molar refractivity (Wildman–Crippen MR) is 107 cm³/mol. The fraction of sp³-hybridized carbons (Fsp3) is 0.682. The molecule has 4 rings (SSSR count). The smallest absolute Gasteiger partial charge is 0.342 e. The van der Waals surface area contributed by atoms with Gasteiger partial charge in [0, 0.05) is 43.6 Å². The number of alkyl halides is 3. The first kappa shape index (κ1) is 21.1. The summed E-state index contributed by atoms with van der Waals surface area (Å²) < 4.78 is 40.9. The quantitative estimate of drug-likeness (QED) is 0.691. The molecule has 0 unspecified atom stereocenters. The van der Waals surface area contributed by atoms with Gasteiger partial charge in [0.15, 0.2) is 5.65 Å². The Kier molecular flexibility index (Phi) is 5.53. The SMILES string of the molecule is CC(=O)N1CCC[C@@H](c2c(C)c(C)nc3cc([C@H]4CC[C@H](C(F)(F)F)CC4)nn23)C1. The van der Waals surface area contributed by atoms with E-state index in [1.807, 2.05) is 29.3 Å². The van der Waals surface area contributed by atoms with Crippen molar-refractivity contribution in [2.24, 2.45) is 5.92 Å². The summed E-state index contributed by atoms with van der Waals surface area (Å²) in [5.74, 6) is -0.884. The van der Waals surface area contributed by atoms with Crippen molar-refractivity contribution in [3.8, 4) is 0 Å². The highest BCUT2D eigenvalue weighted by Gasteiger charge is 2.42. The van der Waals surface area contributed by atoms with E-state index in [-0.39, 0.29) is 30.6 Å². The second-order valence-corrected chi connectivity index (χ2v) is 8.94. The van der Waals surface area contributed by atoms with E-state index in [1.54, 1.807) is 6.92 Å². The van der Waals surface area contributed by atoms with Crippen molar-refractivity contribution in [1.82, 2.24) is 19.5 Å². The number of carbonyl (C=O) groups is 1. The molecule has 0 aromatic carbocycles. The Hall–Kier alpha value is -2.12. The summed E-state index contributed by atoms with van der Waals surface area (Å²) in [5.41, 5.74) is 4.69. The molecule has 164 valence electrons. The summed E-state index contributed by atoms with van der Waals surface area (Å²) in [6.45, 7) is 7.07. The molecular formula is C22H29F3N4O. The second kappa shape index (κ2) is 7.85. The predicted octanol–water partition coefficient (Wildman–Crippen LogP) is 4.91. The minimum atomic E-state index is -4.10. The normalized spacial score (nSPS) is 25.7. The third-order valence-corrected chi connectivity index (χ3v) is 7.01. The number of carbonyl (C=O) groups excluding carboxylic acids is 1. The van der Waals surface area contributed by atoms with Crippen molar-refractivity contribution in [3.05, 3.63) is 28.7 Å². The van der Waals surface area contributed by atoms with Crippen LogP contribution in [0.15, 0.2) is 6.07 Å². The summed E-state index contributed by atoms with van der Waals surface area (Å²) in [5, 5.41) is 4.84. The topological polar surface area (TPSA) is 50.5 Å².